The Morgan fingerprint density at radius 3 is 2.50 bits per heavy atom. The molecule has 0 amide bonds. The summed E-state index contributed by atoms with van der Waals surface area (Å²) in [5.41, 5.74) is 0. The lowest BCUT2D eigenvalue weighted by Gasteiger charge is -2.24. The zero-order valence-electron chi connectivity index (χ0n) is 9.24. The monoisotopic (exact) mass is 201 g/mol. The van der Waals surface area contributed by atoms with Gasteiger partial charge in [0.15, 0.2) is 0 Å². The first-order valence-corrected chi connectivity index (χ1v) is 5.68. The lowest BCUT2D eigenvalue weighted by molar-refractivity contribution is 0.127. The standard InChI is InChI=1S/C11H23NO2/c1-8(2)6-9(7-13)12-10-4-3-5-11(10)14/h8-14H,3-7H2,1-2H3/t9?,10-,11-/m1/s1. The van der Waals surface area contributed by atoms with Crippen LogP contribution in [0.15, 0.2) is 0 Å². The van der Waals surface area contributed by atoms with Crippen molar-refractivity contribution in [3.63, 3.8) is 0 Å². The molecule has 3 heteroatoms. The third-order valence-corrected chi connectivity index (χ3v) is 2.91. The second kappa shape index (κ2) is 5.69. The lowest BCUT2D eigenvalue weighted by atomic mass is 10.0. The highest BCUT2D eigenvalue weighted by molar-refractivity contribution is 4.85. The van der Waals surface area contributed by atoms with Gasteiger partial charge in [-0.15, -0.1) is 0 Å². The van der Waals surface area contributed by atoms with Gasteiger partial charge in [0.1, 0.15) is 0 Å². The molecule has 0 spiro atoms. The van der Waals surface area contributed by atoms with Crippen molar-refractivity contribution in [2.75, 3.05) is 6.61 Å². The minimum atomic E-state index is -0.212. The molecule has 1 fully saturated rings. The van der Waals surface area contributed by atoms with Crippen LogP contribution in [0.1, 0.15) is 39.5 Å². The Morgan fingerprint density at radius 1 is 1.36 bits per heavy atom. The minimum Gasteiger partial charge on any atom is -0.395 e. The number of aliphatic hydroxyl groups is 2. The van der Waals surface area contributed by atoms with Gasteiger partial charge in [-0.05, 0) is 31.6 Å². The van der Waals surface area contributed by atoms with Crippen LogP contribution in [0, 0.1) is 5.92 Å². The van der Waals surface area contributed by atoms with Crippen LogP contribution in [-0.2, 0) is 0 Å². The summed E-state index contributed by atoms with van der Waals surface area (Å²) < 4.78 is 0. The third-order valence-electron chi connectivity index (χ3n) is 2.91. The summed E-state index contributed by atoms with van der Waals surface area (Å²) in [4.78, 5) is 0. The van der Waals surface area contributed by atoms with Gasteiger partial charge in [0.25, 0.3) is 0 Å². The number of hydrogen-bond acceptors (Lipinski definition) is 3. The zero-order chi connectivity index (χ0) is 10.6. The molecule has 1 aliphatic carbocycles. The van der Waals surface area contributed by atoms with E-state index in [9.17, 15) is 10.2 Å². The molecule has 84 valence electrons. The molecule has 0 aromatic carbocycles. The molecule has 1 unspecified atom stereocenters. The first-order valence-electron chi connectivity index (χ1n) is 5.68. The highest BCUT2D eigenvalue weighted by Gasteiger charge is 2.27. The van der Waals surface area contributed by atoms with Gasteiger partial charge in [-0.1, -0.05) is 13.8 Å². The van der Waals surface area contributed by atoms with Crippen molar-refractivity contribution in [2.24, 2.45) is 5.92 Å². The van der Waals surface area contributed by atoms with Crippen LogP contribution in [0.2, 0.25) is 0 Å². The van der Waals surface area contributed by atoms with E-state index in [4.69, 9.17) is 0 Å². The molecule has 14 heavy (non-hydrogen) atoms. The summed E-state index contributed by atoms with van der Waals surface area (Å²) in [6.45, 7) is 4.46. The van der Waals surface area contributed by atoms with Crippen molar-refractivity contribution in [3.05, 3.63) is 0 Å². The molecule has 3 N–H and O–H groups in total. The lowest BCUT2D eigenvalue weighted by Crippen LogP contribution is -2.44. The molecule has 0 saturated heterocycles. The molecule has 3 nitrogen and oxygen atoms in total. The van der Waals surface area contributed by atoms with E-state index in [0.717, 1.165) is 25.7 Å². The smallest absolute Gasteiger partial charge is 0.0693 e. The van der Waals surface area contributed by atoms with E-state index >= 15 is 0 Å². The van der Waals surface area contributed by atoms with Gasteiger partial charge in [-0.25, -0.2) is 0 Å². The Labute approximate surface area is 86.5 Å². The molecule has 0 aliphatic heterocycles. The first kappa shape index (κ1) is 12.0. The van der Waals surface area contributed by atoms with Crippen LogP contribution < -0.4 is 5.32 Å². The summed E-state index contributed by atoms with van der Waals surface area (Å²) in [5, 5.41) is 22.1. The average molecular weight is 201 g/mol. The van der Waals surface area contributed by atoms with Crippen LogP contribution in [0.3, 0.4) is 0 Å². The highest BCUT2D eigenvalue weighted by atomic mass is 16.3. The van der Waals surface area contributed by atoms with E-state index in [-0.39, 0.29) is 24.8 Å². The van der Waals surface area contributed by atoms with Gasteiger partial charge in [0.2, 0.25) is 0 Å². The maximum absolute atomic E-state index is 9.62. The average Bonchev–Trinajstić information content (AvgIpc) is 2.50. The first-order chi connectivity index (χ1) is 6.63. The normalized spacial score (nSPS) is 29.8. The molecule has 1 saturated carbocycles. The predicted octanol–water partition coefficient (Wildman–Crippen LogP) is 0.896. The number of rotatable bonds is 5. The van der Waals surface area contributed by atoms with E-state index < -0.39 is 0 Å². The van der Waals surface area contributed by atoms with Crippen molar-refractivity contribution < 1.29 is 10.2 Å². The fourth-order valence-electron chi connectivity index (χ4n) is 2.20. The predicted molar refractivity (Wildman–Crippen MR) is 57.1 cm³/mol. The van der Waals surface area contributed by atoms with Crippen molar-refractivity contribution in [3.8, 4) is 0 Å². The van der Waals surface area contributed by atoms with Crippen LogP contribution in [-0.4, -0.2) is 35.0 Å². The maximum Gasteiger partial charge on any atom is 0.0693 e. The third kappa shape index (κ3) is 3.56. The van der Waals surface area contributed by atoms with Crippen molar-refractivity contribution in [1.82, 2.24) is 5.32 Å². The SMILES string of the molecule is CC(C)CC(CO)N[C@@H]1CCC[C@H]1O. The van der Waals surface area contributed by atoms with Crippen molar-refractivity contribution >= 4 is 0 Å². The molecule has 1 rings (SSSR count). The Hall–Kier alpha value is -0.120. The molecular formula is C11H23NO2. The quantitative estimate of drug-likeness (QED) is 0.619. The van der Waals surface area contributed by atoms with Crippen LogP contribution in [0.25, 0.3) is 0 Å². The molecule has 1 aliphatic rings. The molecule has 3 atom stereocenters. The van der Waals surface area contributed by atoms with Gasteiger partial charge in [0.05, 0.1) is 12.7 Å². The van der Waals surface area contributed by atoms with E-state index in [2.05, 4.69) is 19.2 Å². The largest absolute Gasteiger partial charge is 0.395 e. The number of nitrogens with one attached hydrogen (secondary N) is 1. The molecule has 0 aromatic rings. The topological polar surface area (TPSA) is 52.5 Å². The maximum atomic E-state index is 9.62. The molecule has 0 heterocycles. The summed E-state index contributed by atoms with van der Waals surface area (Å²) in [6, 6.07) is 0.346. The van der Waals surface area contributed by atoms with E-state index in [1.165, 1.54) is 0 Å². The van der Waals surface area contributed by atoms with E-state index in [1.54, 1.807) is 0 Å². The van der Waals surface area contributed by atoms with Crippen molar-refractivity contribution in [1.29, 1.82) is 0 Å². The molecule has 0 aromatic heterocycles. The van der Waals surface area contributed by atoms with Crippen molar-refractivity contribution in [2.45, 2.75) is 57.7 Å². The summed E-state index contributed by atoms with van der Waals surface area (Å²) in [7, 11) is 0. The van der Waals surface area contributed by atoms with Crippen LogP contribution in [0.5, 0.6) is 0 Å². The van der Waals surface area contributed by atoms with E-state index in [0.29, 0.717) is 5.92 Å². The fourth-order valence-corrected chi connectivity index (χ4v) is 2.20. The fraction of sp³-hybridized carbons (Fsp3) is 1.00. The molecule has 0 radical (unpaired) electrons. The second-order valence-corrected chi connectivity index (χ2v) is 4.78. The Morgan fingerprint density at radius 2 is 2.07 bits per heavy atom. The summed E-state index contributed by atoms with van der Waals surface area (Å²) >= 11 is 0. The zero-order valence-corrected chi connectivity index (χ0v) is 9.24. The minimum absolute atomic E-state index is 0.146. The molecular weight excluding hydrogens is 178 g/mol. The molecule has 0 bridgehead atoms. The Bertz CT molecular complexity index is 161. The second-order valence-electron chi connectivity index (χ2n) is 4.78. The Kier molecular flexibility index (Phi) is 4.85. The van der Waals surface area contributed by atoms with Gasteiger partial charge >= 0.3 is 0 Å². The number of hydrogen-bond donors (Lipinski definition) is 3. The summed E-state index contributed by atoms with van der Waals surface area (Å²) in [5.74, 6) is 0.582. The van der Waals surface area contributed by atoms with E-state index in [1.807, 2.05) is 0 Å². The van der Waals surface area contributed by atoms with Gasteiger partial charge < -0.3 is 15.5 Å². The van der Waals surface area contributed by atoms with Gasteiger partial charge in [0, 0.05) is 12.1 Å². The van der Waals surface area contributed by atoms with Gasteiger partial charge in [-0.2, -0.15) is 0 Å². The van der Waals surface area contributed by atoms with Gasteiger partial charge in [-0.3, -0.25) is 0 Å². The number of aliphatic hydroxyl groups excluding tert-OH is 2. The van der Waals surface area contributed by atoms with Crippen LogP contribution in [0.4, 0.5) is 0 Å². The Balaban J connectivity index is 2.31. The highest BCUT2D eigenvalue weighted by Crippen LogP contribution is 2.20. The summed E-state index contributed by atoms with van der Waals surface area (Å²) in [6.07, 6.45) is 3.79. The van der Waals surface area contributed by atoms with Crippen LogP contribution >= 0.6 is 0 Å².